The Labute approximate surface area is 162 Å². The second-order valence-electron chi connectivity index (χ2n) is 5.71. The van der Waals surface area contributed by atoms with Crippen molar-refractivity contribution in [3.8, 4) is 0 Å². The number of hydrogen-bond acceptors (Lipinski definition) is 3. The molecule has 2 aromatic rings. The molecular weight excluding hydrogens is 427 g/mol. The molecular formula is C18H17BrF3N3O2. The Morgan fingerprint density at radius 1 is 1.07 bits per heavy atom. The molecule has 2 amide bonds. The van der Waals surface area contributed by atoms with E-state index in [1.54, 1.807) is 31.2 Å². The van der Waals surface area contributed by atoms with Gasteiger partial charge in [-0.2, -0.15) is 13.2 Å². The lowest BCUT2D eigenvalue weighted by molar-refractivity contribution is -0.123. The van der Waals surface area contributed by atoms with Gasteiger partial charge in [0.15, 0.2) is 0 Å². The summed E-state index contributed by atoms with van der Waals surface area (Å²) in [6.45, 7) is 0.276. The average molecular weight is 444 g/mol. The normalized spacial score (nSPS) is 11.0. The summed E-state index contributed by atoms with van der Waals surface area (Å²) >= 11 is 3.33. The zero-order valence-electron chi connectivity index (χ0n) is 14.3. The number of halogens is 4. The van der Waals surface area contributed by atoms with Crippen LogP contribution < -0.4 is 16.0 Å². The molecule has 2 rings (SSSR count). The highest BCUT2D eigenvalue weighted by atomic mass is 79.9. The maximum absolute atomic E-state index is 12.2. The van der Waals surface area contributed by atoms with Gasteiger partial charge < -0.3 is 16.0 Å². The summed E-state index contributed by atoms with van der Waals surface area (Å²) < 4.78 is 37.4. The van der Waals surface area contributed by atoms with Crippen molar-refractivity contribution in [3.63, 3.8) is 0 Å². The highest BCUT2D eigenvalue weighted by Crippen LogP contribution is 2.21. The summed E-state index contributed by atoms with van der Waals surface area (Å²) in [5, 5.41) is 7.43. The van der Waals surface area contributed by atoms with Gasteiger partial charge in [-0.05, 0) is 52.7 Å². The van der Waals surface area contributed by atoms with E-state index in [2.05, 4.69) is 26.6 Å². The molecule has 0 aliphatic carbocycles. The van der Waals surface area contributed by atoms with Gasteiger partial charge in [-0.25, -0.2) is 0 Å². The van der Waals surface area contributed by atoms with Gasteiger partial charge >= 0.3 is 6.18 Å². The van der Waals surface area contributed by atoms with Crippen LogP contribution in [-0.2, 0) is 4.79 Å². The molecule has 0 aliphatic heterocycles. The van der Waals surface area contributed by atoms with E-state index in [-0.39, 0.29) is 18.0 Å². The van der Waals surface area contributed by atoms with E-state index >= 15 is 0 Å². The molecule has 0 spiro atoms. The van der Waals surface area contributed by atoms with Crippen molar-refractivity contribution < 1.29 is 22.8 Å². The summed E-state index contributed by atoms with van der Waals surface area (Å²) in [6.07, 6.45) is -4.48. The third-order valence-electron chi connectivity index (χ3n) is 3.54. The first-order valence-electron chi connectivity index (χ1n) is 7.89. The standard InChI is InChI=1S/C18H17BrF3N3O2/c1-11-6-7-12(17(27)24-10-18(20,21)22)8-15(11)23-9-16(26)25-14-5-3-2-4-13(14)19/h2-8,23H,9-10H2,1H3,(H,24,27)(H,25,26). The summed E-state index contributed by atoms with van der Waals surface area (Å²) in [5.41, 5.74) is 1.91. The van der Waals surface area contributed by atoms with E-state index in [0.29, 0.717) is 11.4 Å². The van der Waals surface area contributed by atoms with E-state index in [1.807, 2.05) is 11.4 Å². The monoisotopic (exact) mass is 443 g/mol. The first-order valence-corrected chi connectivity index (χ1v) is 8.69. The Bertz CT molecular complexity index is 841. The van der Waals surface area contributed by atoms with Crippen LogP contribution >= 0.6 is 15.9 Å². The fraction of sp³-hybridized carbons (Fsp3) is 0.222. The number of nitrogens with one attached hydrogen (secondary N) is 3. The molecule has 3 N–H and O–H groups in total. The Morgan fingerprint density at radius 2 is 1.78 bits per heavy atom. The first kappa shape index (κ1) is 20.8. The molecule has 27 heavy (non-hydrogen) atoms. The van der Waals surface area contributed by atoms with Gasteiger partial charge in [0.1, 0.15) is 6.54 Å². The number of rotatable bonds is 6. The lowest BCUT2D eigenvalue weighted by atomic mass is 10.1. The van der Waals surface area contributed by atoms with Crippen LogP contribution in [0, 0.1) is 6.92 Å². The Morgan fingerprint density at radius 3 is 2.44 bits per heavy atom. The van der Waals surface area contributed by atoms with Crippen molar-refractivity contribution in [2.24, 2.45) is 0 Å². The largest absolute Gasteiger partial charge is 0.405 e. The van der Waals surface area contributed by atoms with Gasteiger partial charge in [0.2, 0.25) is 5.91 Å². The van der Waals surface area contributed by atoms with Crippen LogP contribution in [0.1, 0.15) is 15.9 Å². The minimum atomic E-state index is -4.48. The quantitative estimate of drug-likeness (QED) is 0.629. The fourth-order valence-corrected chi connectivity index (χ4v) is 2.55. The smallest absolute Gasteiger partial charge is 0.376 e. The molecule has 0 atom stereocenters. The number of alkyl halides is 3. The summed E-state index contributed by atoms with van der Waals surface area (Å²) in [7, 11) is 0. The zero-order valence-corrected chi connectivity index (χ0v) is 15.9. The molecule has 0 unspecified atom stereocenters. The van der Waals surface area contributed by atoms with Gasteiger partial charge in [-0.15, -0.1) is 0 Å². The van der Waals surface area contributed by atoms with Crippen LogP contribution in [0.4, 0.5) is 24.5 Å². The van der Waals surface area contributed by atoms with Crippen LogP contribution in [0.15, 0.2) is 46.9 Å². The van der Waals surface area contributed by atoms with E-state index in [4.69, 9.17) is 0 Å². The van der Waals surface area contributed by atoms with Crippen molar-refractivity contribution >= 4 is 39.1 Å². The summed E-state index contributed by atoms with van der Waals surface area (Å²) in [4.78, 5) is 23.9. The molecule has 9 heteroatoms. The minimum Gasteiger partial charge on any atom is -0.376 e. The average Bonchev–Trinajstić information content (AvgIpc) is 2.60. The summed E-state index contributed by atoms with van der Waals surface area (Å²) in [6, 6.07) is 11.5. The maximum atomic E-state index is 12.2. The third kappa shape index (κ3) is 6.59. The number of amides is 2. The SMILES string of the molecule is Cc1ccc(C(=O)NCC(F)(F)F)cc1NCC(=O)Nc1ccccc1Br. The van der Waals surface area contributed by atoms with Crippen LogP contribution in [0.3, 0.4) is 0 Å². The number of hydrogen-bond donors (Lipinski definition) is 3. The molecule has 0 bridgehead atoms. The van der Waals surface area contributed by atoms with E-state index < -0.39 is 18.6 Å². The molecule has 5 nitrogen and oxygen atoms in total. The van der Waals surface area contributed by atoms with E-state index in [0.717, 1.165) is 10.0 Å². The zero-order chi connectivity index (χ0) is 20.0. The Kier molecular flexibility index (Phi) is 6.84. The predicted molar refractivity (Wildman–Crippen MR) is 101 cm³/mol. The maximum Gasteiger partial charge on any atom is 0.405 e. The topological polar surface area (TPSA) is 70.2 Å². The van der Waals surface area contributed by atoms with Crippen molar-refractivity contribution in [2.75, 3.05) is 23.7 Å². The molecule has 0 heterocycles. The van der Waals surface area contributed by atoms with Gasteiger partial charge in [-0.1, -0.05) is 18.2 Å². The summed E-state index contributed by atoms with van der Waals surface area (Å²) in [5.74, 6) is -1.15. The molecule has 0 aromatic heterocycles. The van der Waals surface area contributed by atoms with Gasteiger partial charge in [0, 0.05) is 15.7 Å². The number of para-hydroxylation sites is 1. The second-order valence-corrected chi connectivity index (χ2v) is 6.56. The highest BCUT2D eigenvalue weighted by Gasteiger charge is 2.28. The molecule has 2 aromatic carbocycles. The van der Waals surface area contributed by atoms with Gasteiger partial charge in [-0.3, -0.25) is 9.59 Å². The number of benzene rings is 2. The number of anilines is 2. The second kappa shape index (κ2) is 8.90. The Balaban J connectivity index is 1.98. The van der Waals surface area contributed by atoms with Crippen LogP contribution in [0.5, 0.6) is 0 Å². The Hall–Kier alpha value is -2.55. The van der Waals surface area contributed by atoms with Crippen LogP contribution in [-0.4, -0.2) is 31.1 Å². The van der Waals surface area contributed by atoms with E-state index in [9.17, 15) is 22.8 Å². The highest BCUT2D eigenvalue weighted by molar-refractivity contribution is 9.10. The molecule has 144 valence electrons. The number of carbonyl (C=O) groups is 2. The molecule has 0 aliphatic rings. The van der Waals surface area contributed by atoms with Crippen LogP contribution in [0.25, 0.3) is 0 Å². The van der Waals surface area contributed by atoms with Gasteiger partial charge in [0.05, 0.1) is 12.2 Å². The first-order chi connectivity index (χ1) is 12.7. The van der Waals surface area contributed by atoms with Crippen molar-refractivity contribution in [3.05, 3.63) is 58.1 Å². The van der Waals surface area contributed by atoms with Crippen molar-refractivity contribution in [1.82, 2.24) is 5.32 Å². The third-order valence-corrected chi connectivity index (χ3v) is 4.23. The minimum absolute atomic E-state index is 0.0681. The molecule has 0 saturated carbocycles. The fourth-order valence-electron chi connectivity index (χ4n) is 2.17. The van der Waals surface area contributed by atoms with E-state index in [1.165, 1.54) is 12.1 Å². The van der Waals surface area contributed by atoms with Gasteiger partial charge in [0.25, 0.3) is 5.91 Å². The number of aryl methyl sites for hydroxylation is 1. The molecule has 0 saturated heterocycles. The predicted octanol–water partition coefficient (Wildman–Crippen LogP) is 4.10. The van der Waals surface area contributed by atoms with Crippen molar-refractivity contribution in [1.29, 1.82) is 0 Å². The van der Waals surface area contributed by atoms with Crippen molar-refractivity contribution in [2.45, 2.75) is 13.1 Å². The number of carbonyl (C=O) groups excluding carboxylic acids is 2. The molecule has 0 radical (unpaired) electrons. The lowest BCUT2D eigenvalue weighted by Crippen LogP contribution is -2.33. The molecule has 0 fully saturated rings. The lowest BCUT2D eigenvalue weighted by Gasteiger charge is -2.13. The van der Waals surface area contributed by atoms with Crippen LogP contribution in [0.2, 0.25) is 0 Å².